The van der Waals surface area contributed by atoms with Crippen molar-refractivity contribution in [2.45, 2.75) is 6.92 Å². The van der Waals surface area contributed by atoms with Gasteiger partial charge in [-0.15, -0.1) is 0 Å². The first-order chi connectivity index (χ1) is 9.04. The molecule has 0 unspecified atom stereocenters. The number of benzene rings is 2. The van der Waals surface area contributed by atoms with Crippen molar-refractivity contribution in [1.29, 1.82) is 0 Å². The number of ether oxygens (including phenoxy) is 1. The maximum Gasteiger partial charge on any atom is 0.335 e. The van der Waals surface area contributed by atoms with Gasteiger partial charge in [0.05, 0.1) is 17.7 Å². The number of hydrogen-bond acceptors (Lipinski definition) is 2. The molecular formula is C15H13ClO3. The molecule has 0 atom stereocenters. The molecule has 0 heterocycles. The average molecular weight is 277 g/mol. The van der Waals surface area contributed by atoms with Crippen LogP contribution in [0.4, 0.5) is 0 Å². The molecule has 0 spiro atoms. The van der Waals surface area contributed by atoms with Crippen LogP contribution in [-0.4, -0.2) is 18.2 Å². The summed E-state index contributed by atoms with van der Waals surface area (Å²) in [5, 5.41) is 9.63. The lowest BCUT2D eigenvalue weighted by atomic mass is 9.96. The molecule has 0 saturated carbocycles. The van der Waals surface area contributed by atoms with E-state index in [4.69, 9.17) is 21.4 Å². The topological polar surface area (TPSA) is 46.5 Å². The average Bonchev–Trinajstić information content (AvgIpc) is 2.38. The second-order valence-electron chi connectivity index (χ2n) is 4.13. The zero-order chi connectivity index (χ0) is 14.0. The largest absolute Gasteiger partial charge is 0.495 e. The molecule has 4 heteroatoms. The highest BCUT2D eigenvalue weighted by Crippen LogP contribution is 2.32. The first-order valence-electron chi connectivity index (χ1n) is 5.71. The van der Waals surface area contributed by atoms with Gasteiger partial charge >= 0.3 is 5.97 Å². The van der Waals surface area contributed by atoms with Crippen LogP contribution in [0.25, 0.3) is 11.1 Å². The van der Waals surface area contributed by atoms with E-state index in [2.05, 4.69) is 0 Å². The Kier molecular flexibility index (Phi) is 3.76. The molecule has 2 aromatic rings. The highest BCUT2D eigenvalue weighted by Gasteiger charge is 2.12. The van der Waals surface area contributed by atoms with Crippen LogP contribution in [-0.2, 0) is 0 Å². The molecule has 0 saturated heterocycles. The van der Waals surface area contributed by atoms with Crippen molar-refractivity contribution in [3.8, 4) is 16.9 Å². The summed E-state index contributed by atoms with van der Waals surface area (Å²) >= 11 is 6.09. The van der Waals surface area contributed by atoms with Crippen LogP contribution >= 0.6 is 11.6 Å². The maximum absolute atomic E-state index is 11.1. The van der Waals surface area contributed by atoms with Gasteiger partial charge in [0.1, 0.15) is 5.75 Å². The molecule has 2 rings (SSSR count). The van der Waals surface area contributed by atoms with Gasteiger partial charge in [0.15, 0.2) is 0 Å². The van der Waals surface area contributed by atoms with Crippen molar-refractivity contribution >= 4 is 17.6 Å². The third kappa shape index (κ3) is 2.56. The van der Waals surface area contributed by atoms with E-state index in [1.807, 2.05) is 12.1 Å². The van der Waals surface area contributed by atoms with Gasteiger partial charge < -0.3 is 9.84 Å². The lowest BCUT2D eigenvalue weighted by Crippen LogP contribution is -2.00. The highest BCUT2D eigenvalue weighted by atomic mass is 35.5. The van der Waals surface area contributed by atoms with Crippen LogP contribution in [0.5, 0.6) is 5.75 Å². The van der Waals surface area contributed by atoms with Gasteiger partial charge in [0, 0.05) is 0 Å². The quantitative estimate of drug-likeness (QED) is 0.921. The second kappa shape index (κ2) is 5.33. The predicted octanol–water partition coefficient (Wildman–Crippen LogP) is 4.02. The van der Waals surface area contributed by atoms with Crippen molar-refractivity contribution in [1.82, 2.24) is 0 Å². The summed E-state index contributed by atoms with van der Waals surface area (Å²) in [6.45, 7) is 1.79. The summed E-state index contributed by atoms with van der Waals surface area (Å²) in [4.78, 5) is 11.1. The van der Waals surface area contributed by atoms with Crippen molar-refractivity contribution in [2.75, 3.05) is 7.11 Å². The van der Waals surface area contributed by atoms with Gasteiger partial charge in [-0.25, -0.2) is 4.79 Å². The summed E-state index contributed by atoms with van der Waals surface area (Å²) in [6.07, 6.45) is 0. The Labute approximate surface area is 116 Å². The standard InChI is InChI=1S/C15H13ClO3/c1-9-11(4-3-5-12(9)15(17)18)10-6-7-14(19-2)13(16)8-10/h3-8H,1-2H3,(H,17,18). The molecule has 0 bridgehead atoms. The van der Waals surface area contributed by atoms with Crippen LogP contribution in [0.3, 0.4) is 0 Å². The minimum absolute atomic E-state index is 0.296. The summed E-state index contributed by atoms with van der Waals surface area (Å²) in [5.74, 6) is -0.337. The van der Waals surface area contributed by atoms with Crippen LogP contribution < -0.4 is 4.74 Å². The number of carboxylic acids is 1. The molecule has 0 radical (unpaired) electrons. The normalized spacial score (nSPS) is 10.3. The van der Waals surface area contributed by atoms with E-state index in [9.17, 15) is 4.79 Å². The SMILES string of the molecule is COc1ccc(-c2cccc(C(=O)O)c2C)cc1Cl. The smallest absolute Gasteiger partial charge is 0.335 e. The van der Waals surface area contributed by atoms with Gasteiger partial charge in [-0.05, 0) is 41.8 Å². The molecule has 0 aromatic heterocycles. The fourth-order valence-electron chi connectivity index (χ4n) is 2.01. The van der Waals surface area contributed by atoms with E-state index in [1.165, 1.54) is 0 Å². The van der Waals surface area contributed by atoms with Crippen molar-refractivity contribution < 1.29 is 14.6 Å². The number of rotatable bonds is 3. The van der Waals surface area contributed by atoms with E-state index in [0.29, 0.717) is 16.3 Å². The Hall–Kier alpha value is -2.00. The van der Waals surface area contributed by atoms with Gasteiger partial charge in [-0.1, -0.05) is 29.8 Å². The Morgan fingerprint density at radius 3 is 2.58 bits per heavy atom. The van der Waals surface area contributed by atoms with E-state index in [0.717, 1.165) is 16.7 Å². The molecular weight excluding hydrogens is 264 g/mol. The number of hydrogen-bond donors (Lipinski definition) is 1. The molecule has 98 valence electrons. The van der Waals surface area contributed by atoms with Crippen LogP contribution in [0.2, 0.25) is 5.02 Å². The van der Waals surface area contributed by atoms with E-state index in [-0.39, 0.29) is 0 Å². The molecule has 3 nitrogen and oxygen atoms in total. The van der Waals surface area contributed by atoms with Gasteiger partial charge in [0.25, 0.3) is 0 Å². The summed E-state index contributed by atoms with van der Waals surface area (Å²) in [6, 6.07) is 10.6. The van der Waals surface area contributed by atoms with Crippen LogP contribution in [0, 0.1) is 6.92 Å². The van der Waals surface area contributed by atoms with Gasteiger partial charge in [-0.2, -0.15) is 0 Å². The van der Waals surface area contributed by atoms with Gasteiger partial charge in [-0.3, -0.25) is 0 Å². The van der Waals surface area contributed by atoms with Gasteiger partial charge in [0.2, 0.25) is 0 Å². The lowest BCUT2D eigenvalue weighted by molar-refractivity contribution is 0.0696. The molecule has 0 aliphatic rings. The van der Waals surface area contributed by atoms with E-state index in [1.54, 1.807) is 38.3 Å². The highest BCUT2D eigenvalue weighted by molar-refractivity contribution is 6.32. The van der Waals surface area contributed by atoms with Crippen molar-refractivity contribution in [2.24, 2.45) is 0 Å². The number of carboxylic acid groups (broad SMARTS) is 1. The zero-order valence-electron chi connectivity index (χ0n) is 10.6. The Balaban J connectivity index is 2.56. The number of aromatic carboxylic acids is 1. The maximum atomic E-state index is 11.1. The van der Waals surface area contributed by atoms with Crippen LogP contribution in [0.15, 0.2) is 36.4 Å². The molecule has 0 amide bonds. The molecule has 19 heavy (non-hydrogen) atoms. The Morgan fingerprint density at radius 2 is 2.00 bits per heavy atom. The van der Waals surface area contributed by atoms with E-state index < -0.39 is 5.97 Å². The van der Waals surface area contributed by atoms with E-state index >= 15 is 0 Å². The number of carbonyl (C=O) groups is 1. The molecule has 0 aliphatic heterocycles. The fourth-order valence-corrected chi connectivity index (χ4v) is 2.27. The minimum atomic E-state index is -0.932. The zero-order valence-corrected chi connectivity index (χ0v) is 11.4. The summed E-state index contributed by atoms with van der Waals surface area (Å²) in [5.41, 5.74) is 2.73. The third-order valence-corrected chi connectivity index (χ3v) is 3.32. The van der Waals surface area contributed by atoms with Crippen molar-refractivity contribution in [3.63, 3.8) is 0 Å². The first kappa shape index (κ1) is 13.4. The second-order valence-corrected chi connectivity index (χ2v) is 4.54. The molecule has 0 aliphatic carbocycles. The number of halogens is 1. The van der Waals surface area contributed by atoms with Crippen LogP contribution in [0.1, 0.15) is 15.9 Å². The summed E-state index contributed by atoms with van der Waals surface area (Å²) < 4.78 is 5.10. The third-order valence-electron chi connectivity index (χ3n) is 3.03. The Morgan fingerprint density at radius 1 is 1.26 bits per heavy atom. The predicted molar refractivity (Wildman–Crippen MR) is 75.1 cm³/mol. The lowest BCUT2D eigenvalue weighted by Gasteiger charge is -2.10. The number of methoxy groups -OCH3 is 1. The first-order valence-corrected chi connectivity index (χ1v) is 6.09. The Bertz CT molecular complexity index is 635. The monoisotopic (exact) mass is 276 g/mol. The summed E-state index contributed by atoms with van der Waals surface area (Å²) in [7, 11) is 1.55. The molecule has 0 fully saturated rings. The van der Waals surface area contributed by atoms with Crippen molar-refractivity contribution in [3.05, 3.63) is 52.5 Å². The minimum Gasteiger partial charge on any atom is -0.495 e. The molecule has 1 N–H and O–H groups in total. The molecule has 2 aromatic carbocycles. The fraction of sp³-hybridized carbons (Fsp3) is 0.133.